The monoisotopic (exact) mass is 305 g/mol. The second-order valence-electron chi connectivity index (χ2n) is 4.21. The molecule has 7 heteroatoms. The van der Waals surface area contributed by atoms with Crippen molar-refractivity contribution < 1.29 is 9.90 Å². The van der Waals surface area contributed by atoms with Crippen LogP contribution in [0.3, 0.4) is 0 Å². The number of nitrogens with one attached hydrogen (secondary N) is 2. The number of carboxylic acids is 1. The van der Waals surface area contributed by atoms with E-state index in [1.54, 1.807) is 37.4 Å². The third-order valence-corrected chi connectivity index (χ3v) is 2.39. The van der Waals surface area contributed by atoms with Gasteiger partial charge in [-0.05, 0) is 31.0 Å². The Labute approximate surface area is 130 Å². The molecule has 0 aliphatic rings. The predicted molar refractivity (Wildman–Crippen MR) is 90.0 cm³/mol. The Morgan fingerprint density at radius 1 is 1.50 bits per heavy atom. The summed E-state index contributed by atoms with van der Waals surface area (Å²) in [6.07, 6.45) is 4.33. The van der Waals surface area contributed by atoms with Crippen molar-refractivity contribution in [2.24, 2.45) is 16.6 Å². The molecule has 22 heavy (non-hydrogen) atoms. The number of rotatable bonds is 6. The molecule has 1 aromatic carbocycles. The van der Waals surface area contributed by atoms with Crippen molar-refractivity contribution in [2.75, 3.05) is 5.43 Å². The first-order valence-electron chi connectivity index (χ1n) is 6.75. The smallest absolute Gasteiger partial charge is 0.307 e. The minimum atomic E-state index is -0.843. The number of aliphatic imine (C=N–C) groups is 1. The molecule has 0 saturated carbocycles. The van der Waals surface area contributed by atoms with Crippen LogP contribution in [0.4, 0.5) is 5.69 Å². The van der Waals surface area contributed by atoms with Gasteiger partial charge in [-0.1, -0.05) is 25.1 Å². The van der Waals surface area contributed by atoms with Crippen molar-refractivity contribution in [3.8, 4) is 0 Å². The zero-order valence-corrected chi connectivity index (χ0v) is 12.8. The topological polar surface area (TPSA) is 138 Å². The van der Waals surface area contributed by atoms with E-state index >= 15 is 0 Å². The molecule has 0 spiro atoms. The van der Waals surface area contributed by atoms with Crippen LogP contribution in [0.2, 0.25) is 0 Å². The number of amidine groups is 1. The van der Waals surface area contributed by atoms with Crippen molar-refractivity contribution in [1.82, 2.24) is 0 Å². The highest BCUT2D eigenvalue weighted by Crippen LogP contribution is 2.09. The number of nitrogens with zero attached hydrogens (tertiary/aromatic N) is 1. The van der Waals surface area contributed by atoms with Crippen LogP contribution in [0.15, 0.2) is 41.0 Å². The van der Waals surface area contributed by atoms with E-state index in [9.17, 15) is 4.79 Å². The summed E-state index contributed by atoms with van der Waals surface area (Å²) in [5.41, 5.74) is 9.67. The summed E-state index contributed by atoms with van der Waals surface area (Å²) in [6.45, 7) is 3.78. The number of carboxylic acid groups (broad SMARTS) is 1. The van der Waals surface area contributed by atoms with Gasteiger partial charge in [0, 0.05) is 11.9 Å². The van der Waals surface area contributed by atoms with E-state index in [2.05, 4.69) is 10.4 Å². The van der Waals surface area contributed by atoms with Crippen LogP contribution in [0.5, 0.6) is 0 Å². The normalized spacial score (nSPS) is 10.8. The van der Waals surface area contributed by atoms with Crippen molar-refractivity contribution in [1.29, 1.82) is 5.41 Å². The fourth-order valence-electron chi connectivity index (χ4n) is 1.51. The lowest BCUT2D eigenvalue weighted by Crippen LogP contribution is -2.11. The molecule has 0 fully saturated rings. The molecular formula is C15H23N5O2. The van der Waals surface area contributed by atoms with Crippen molar-refractivity contribution in [2.45, 2.75) is 26.7 Å². The van der Waals surface area contributed by atoms with E-state index in [0.29, 0.717) is 11.4 Å². The Bertz CT molecular complexity index is 553. The van der Waals surface area contributed by atoms with E-state index in [4.69, 9.17) is 22.1 Å². The number of hydrazine groups is 1. The number of hydrogen-bond acceptors (Lipinski definition) is 5. The van der Waals surface area contributed by atoms with Gasteiger partial charge >= 0.3 is 5.97 Å². The van der Waals surface area contributed by atoms with E-state index in [1.807, 2.05) is 13.0 Å². The van der Waals surface area contributed by atoms with E-state index in [-0.39, 0.29) is 12.3 Å². The number of benzene rings is 1. The SMILES string of the molecule is CC=N/C(=C\CC)C(=N)N.NNc1cccc(CC(=O)O)c1. The number of nitrogens with two attached hydrogens (primary N) is 2. The molecule has 0 unspecified atom stereocenters. The molecule has 0 amide bonds. The highest BCUT2D eigenvalue weighted by molar-refractivity contribution is 5.95. The van der Waals surface area contributed by atoms with Gasteiger partial charge in [0.05, 0.1) is 12.1 Å². The first kappa shape index (κ1) is 19.3. The molecule has 0 aromatic heterocycles. The standard InChI is InChI=1S/C8H10N2O2.C7H13N3/c9-10-7-3-1-2-6(4-7)5-8(11)12;1-3-5-6(7(8)9)10-4-2/h1-4,10H,5,9H2,(H,11,12);4-5H,3H2,1-2H3,(H3,8,9)/b;6-5-,10-4?. The Hall–Kier alpha value is -2.67. The van der Waals surface area contributed by atoms with Gasteiger partial charge in [0.2, 0.25) is 0 Å². The van der Waals surface area contributed by atoms with Crippen LogP contribution >= 0.6 is 0 Å². The third-order valence-electron chi connectivity index (χ3n) is 2.39. The summed E-state index contributed by atoms with van der Waals surface area (Å²) >= 11 is 0. The number of anilines is 1. The van der Waals surface area contributed by atoms with Crippen LogP contribution in [0, 0.1) is 5.41 Å². The summed E-state index contributed by atoms with van der Waals surface area (Å²) in [7, 11) is 0. The van der Waals surface area contributed by atoms with Crippen LogP contribution in [-0.4, -0.2) is 23.1 Å². The highest BCUT2D eigenvalue weighted by Gasteiger charge is 1.99. The summed E-state index contributed by atoms with van der Waals surface area (Å²) in [4.78, 5) is 14.2. The average molecular weight is 305 g/mol. The number of nitrogen functional groups attached to an aromatic ring is 1. The molecular weight excluding hydrogens is 282 g/mol. The first-order valence-corrected chi connectivity index (χ1v) is 6.75. The molecule has 0 atom stereocenters. The fraction of sp³-hybridized carbons (Fsp3) is 0.267. The van der Waals surface area contributed by atoms with Gasteiger partial charge in [-0.15, -0.1) is 0 Å². The molecule has 0 aliphatic carbocycles. The van der Waals surface area contributed by atoms with Gasteiger partial charge in [-0.3, -0.25) is 21.0 Å². The van der Waals surface area contributed by atoms with Gasteiger partial charge in [-0.2, -0.15) is 0 Å². The Balaban J connectivity index is 0.000000409. The number of carbonyl (C=O) groups is 1. The maximum Gasteiger partial charge on any atom is 0.307 e. The third kappa shape index (κ3) is 8.49. The maximum absolute atomic E-state index is 10.3. The number of allylic oxidation sites excluding steroid dienone is 1. The molecule has 7 nitrogen and oxygen atoms in total. The molecule has 7 N–H and O–H groups in total. The number of hydrogen-bond donors (Lipinski definition) is 5. The Kier molecular flexibility index (Phi) is 9.70. The van der Waals surface area contributed by atoms with Crippen molar-refractivity contribution >= 4 is 23.7 Å². The summed E-state index contributed by atoms with van der Waals surface area (Å²) < 4.78 is 0. The van der Waals surface area contributed by atoms with Gasteiger partial charge < -0.3 is 16.3 Å². The van der Waals surface area contributed by atoms with Gasteiger partial charge in [0.1, 0.15) is 5.84 Å². The van der Waals surface area contributed by atoms with Crippen molar-refractivity contribution in [3.05, 3.63) is 41.6 Å². The van der Waals surface area contributed by atoms with E-state index in [1.165, 1.54) is 0 Å². The maximum atomic E-state index is 10.3. The minimum absolute atomic E-state index is 0.0233. The number of aliphatic carboxylic acids is 1. The second-order valence-corrected chi connectivity index (χ2v) is 4.21. The highest BCUT2D eigenvalue weighted by atomic mass is 16.4. The van der Waals surface area contributed by atoms with Crippen LogP contribution in [0.25, 0.3) is 0 Å². The molecule has 0 bridgehead atoms. The molecule has 1 aromatic rings. The first-order chi connectivity index (χ1) is 10.4. The van der Waals surface area contributed by atoms with Gasteiger partial charge in [-0.25, -0.2) is 0 Å². The van der Waals surface area contributed by atoms with Gasteiger partial charge in [0.15, 0.2) is 0 Å². The molecule has 0 heterocycles. The van der Waals surface area contributed by atoms with Crippen LogP contribution < -0.4 is 17.0 Å². The van der Waals surface area contributed by atoms with Crippen LogP contribution in [0.1, 0.15) is 25.8 Å². The average Bonchev–Trinajstić information content (AvgIpc) is 2.47. The van der Waals surface area contributed by atoms with Gasteiger partial charge in [0.25, 0.3) is 0 Å². The zero-order valence-electron chi connectivity index (χ0n) is 12.8. The largest absolute Gasteiger partial charge is 0.481 e. The lowest BCUT2D eigenvalue weighted by Gasteiger charge is -2.01. The summed E-state index contributed by atoms with van der Waals surface area (Å²) in [5.74, 6) is 4.34. The van der Waals surface area contributed by atoms with Crippen LogP contribution in [-0.2, 0) is 11.2 Å². The lowest BCUT2D eigenvalue weighted by atomic mass is 10.1. The summed E-state index contributed by atoms with van der Waals surface area (Å²) in [5, 5.41) is 15.5. The Morgan fingerprint density at radius 3 is 2.64 bits per heavy atom. The molecule has 0 saturated heterocycles. The zero-order chi connectivity index (χ0) is 17.0. The molecule has 0 aliphatic heterocycles. The predicted octanol–water partition coefficient (Wildman–Crippen LogP) is 1.91. The van der Waals surface area contributed by atoms with Crippen molar-refractivity contribution in [3.63, 3.8) is 0 Å². The molecule has 1 rings (SSSR count). The summed E-state index contributed by atoms with van der Waals surface area (Å²) in [6, 6.07) is 6.97. The fourth-order valence-corrected chi connectivity index (χ4v) is 1.51. The quantitative estimate of drug-likeness (QED) is 0.236. The lowest BCUT2D eigenvalue weighted by molar-refractivity contribution is -0.136. The second kappa shape index (κ2) is 11.0. The van der Waals surface area contributed by atoms with E-state index in [0.717, 1.165) is 12.0 Å². The minimum Gasteiger partial charge on any atom is -0.481 e. The Morgan fingerprint density at radius 2 is 2.18 bits per heavy atom. The van der Waals surface area contributed by atoms with E-state index < -0.39 is 5.97 Å². The molecule has 120 valence electrons. The molecule has 0 radical (unpaired) electrons.